The second-order valence-electron chi connectivity index (χ2n) is 4.33. The zero-order chi connectivity index (χ0) is 14.3. The van der Waals surface area contributed by atoms with Gasteiger partial charge >= 0.3 is 0 Å². The van der Waals surface area contributed by atoms with E-state index in [1.807, 2.05) is 24.3 Å². The summed E-state index contributed by atoms with van der Waals surface area (Å²) in [6.07, 6.45) is 1.69. The summed E-state index contributed by atoms with van der Waals surface area (Å²) in [5.74, 6) is -0.361. The van der Waals surface area contributed by atoms with Crippen LogP contribution in [0, 0.1) is 12.7 Å². The van der Waals surface area contributed by atoms with Gasteiger partial charge in [-0.25, -0.2) is 14.4 Å². The van der Waals surface area contributed by atoms with E-state index in [1.165, 1.54) is 0 Å². The van der Waals surface area contributed by atoms with Crippen molar-refractivity contribution in [3.63, 3.8) is 0 Å². The number of hydrogen-bond donors (Lipinski definition) is 1. The predicted octanol–water partition coefficient (Wildman–Crippen LogP) is 3.48. The third kappa shape index (κ3) is 2.02. The first kappa shape index (κ1) is 12.9. The van der Waals surface area contributed by atoms with E-state index >= 15 is 0 Å². The molecule has 2 heterocycles. The van der Waals surface area contributed by atoms with Crippen molar-refractivity contribution in [2.75, 3.05) is 5.73 Å². The van der Waals surface area contributed by atoms with Crippen LogP contribution >= 0.6 is 15.9 Å². The molecule has 3 aromatic rings. The van der Waals surface area contributed by atoms with Crippen LogP contribution in [0.25, 0.3) is 22.3 Å². The molecule has 0 saturated heterocycles. The van der Waals surface area contributed by atoms with Crippen LogP contribution < -0.4 is 5.73 Å². The van der Waals surface area contributed by atoms with Gasteiger partial charge in [0.2, 0.25) is 0 Å². The molecule has 2 N–H and O–H groups in total. The van der Waals surface area contributed by atoms with Crippen molar-refractivity contribution in [2.45, 2.75) is 6.92 Å². The molecule has 1 aromatic carbocycles. The molecule has 100 valence electrons. The fraction of sp³-hybridized carbons (Fsp3) is 0.0714. The Bertz CT molecular complexity index is 796. The maximum Gasteiger partial charge on any atom is 0.186 e. The minimum Gasteiger partial charge on any atom is -0.381 e. The van der Waals surface area contributed by atoms with Gasteiger partial charge < -0.3 is 5.73 Å². The fourth-order valence-corrected chi connectivity index (χ4v) is 2.47. The van der Waals surface area contributed by atoms with Gasteiger partial charge in [0.05, 0.1) is 11.2 Å². The molecule has 0 spiro atoms. The Balaban J connectivity index is 2.33. The Hall–Kier alpha value is -2.08. The SMILES string of the molecule is Cc1nc(-c2ccc(Br)c3cccnc23)nc(N)c1F. The fourth-order valence-electron chi connectivity index (χ4n) is 2.02. The molecule has 20 heavy (non-hydrogen) atoms. The average molecular weight is 333 g/mol. The largest absolute Gasteiger partial charge is 0.381 e. The summed E-state index contributed by atoms with van der Waals surface area (Å²) in [5, 5.41) is 0.939. The maximum atomic E-state index is 13.5. The molecule has 0 unspecified atom stereocenters. The number of nitrogens with zero attached hydrogens (tertiary/aromatic N) is 3. The molecule has 0 bridgehead atoms. The normalized spacial score (nSPS) is 10.9. The summed E-state index contributed by atoms with van der Waals surface area (Å²) in [6.45, 7) is 1.56. The van der Waals surface area contributed by atoms with E-state index < -0.39 is 5.82 Å². The van der Waals surface area contributed by atoms with Crippen molar-refractivity contribution < 1.29 is 4.39 Å². The van der Waals surface area contributed by atoms with E-state index in [-0.39, 0.29) is 11.5 Å². The van der Waals surface area contributed by atoms with Gasteiger partial charge in [-0.1, -0.05) is 22.0 Å². The van der Waals surface area contributed by atoms with Crippen LogP contribution in [0.5, 0.6) is 0 Å². The number of fused-ring (bicyclic) bond motifs is 1. The Morgan fingerprint density at radius 1 is 1.20 bits per heavy atom. The third-order valence-electron chi connectivity index (χ3n) is 3.00. The summed E-state index contributed by atoms with van der Waals surface area (Å²) in [7, 11) is 0. The van der Waals surface area contributed by atoms with Gasteiger partial charge in [-0.15, -0.1) is 0 Å². The monoisotopic (exact) mass is 332 g/mol. The summed E-state index contributed by atoms with van der Waals surface area (Å²) in [4.78, 5) is 12.5. The smallest absolute Gasteiger partial charge is 0.186 e. The predicted molar refractivity (Wildman–Crippen MR) is 79.6 cm³/mol. The highest BCUT2D eigenvalue weighted by Crippen LogP contribution is 2.30. The maximum absolute atomic E-state index is 13.5. The molecule has 3 rings (SSSR count). The average Bonchev–Trinajstić information content (AvgIpc) is 2.45. The minimum atomic E-state index is -0.580. The molecule has 0 aliphatic heterocycles. The number of rotatable bonds is 1. The number of anilines is 1. The van der Waals surface area contributed by atoms with Crippen molar-refractivity contribution in [1.82, 2.24) is 15.0 Å². The molecule has 6 heteroatoms. The standard InChI is InChI=1S/C14H10BrFN4/c1-7-11(16)13(17)20-14(19-7)9-4-5-10(15)8-3-2-6-18-12(8)9/h2-6H,1H3,(H2,17,19,20). The zero-order valence-corrected chi connectivity index (χ0v) is 12.1. The quantitative estimate of drug-likeness (QED) is 0.740. The summed E-state index contributed by atoms with van der Waals surface area (Å²) >= 11 is 3.48. The van der Waals surface area contributed by atoms with E-state index in [0.717, 1.165) is 20.9 Å². The zero-order valence-electron chi connectivity index (χ0n) is 10.6. The first-order chi connectivity index (χ1) is 9.58. The summed E-state index contributed by atoms with van der Waals surface area (Å²) in [6, 6.07) is 7.51. The van der Waals surface area contributed by atoms with Crippen LogP contribution in [0.1, 0.15) is 5.69 Å². The van der Waals surface area contributed by atoms with Crippen molar-refractivity contribution >= 4 is 32.7 Å². The third-order valence-corrected chi connectivity index (χ3v) is 3.69. The number of hydrogen-bond acceptors (Lipinski definition) is 4. The van der Waals surface area contributed by atoms with Crippen LogP contribution in [-0.2, 0) is 0 Å². The number of halogens is 2. The molecule has 2 aromatic heterocycles. The van der Waals surface area contributed by atoms with Crippen molar-refractivity contribution in [2.24, 2.45) is 0 Å². The van der Waals surface area contributed by atoms with Gasteiger partial charge in [-0.3, -0.25) is 4.98 Å². The Morgan fingerprint density at radius 3 is 2.75 bits per heavy atom. The first-order valence-corrected chi connectivity index (χ1v) is 6.70. The lowest BCUT2D eigenvalue weighted by Gasteiger charge is -2.08. The number of nitrogens with two attached hydrogens (primary N) is 1. The van der Waals surface area contributed by atoms with Crippen molar-refractivity contribution in [3.05, 3.63) is 46.4 Å². The van der Waals surface area contributed by atoms with Crippen LogP contribution in [0.3, 0.4) is 0 Å². The molecule has 0 amide bonds. The van der Waals surface area contributed by atoms with Crippen molar-refractivity contribution in [3.8, 4) is 11.4 Å². The van der Waals surface area contributed by atoms with Gasteiger partial charge in [0, 0.05) is 21.6 Å². The second-order valence-corrected chi connectivity index (χ2v) is 5.18. The molecule has 4 nitrogen and oxygen atoms in total. The molecule has 0 saturated carbocycles. The molecule has 0 aliphatic rings. The molecular formula is C14H10BrFN4. The van der Waals surface area contributed by atoms with Gasteiger partial charge in [-0.2, -0.15) is 0 Å². The van der Waals surface area contributed by atoms with Crippen LogP contribution in [0.4, 0.5) is 10.2 Å². The van der Waals surface area contributed by atoms with E-state index in [4.69, 9.17) is 5.73 Å². The topological polar surface area (TPSA) is 64.7 Å². The Labute approximate surface area is 123 Å². The lowest BCUT2D eigenvalue weighted by atomic mass is 10.1. The van der Waals surface area contributed by atoms with Crippen molar-refractivity contribution in [1.29, 1.82) is 0 Å². The van der Waals surface area contributed by atoms with E-state index in [2.05, 4.69) is 30.9 Å². The number of aryl methyl sites for hydroxylation is 1. The number of benzene rings is 1. The second kappa shape index (κ2) is 4.79. The van der Waals surface area contributed by atoms with Gasteiger partial charge in [0.25, 0.3) is 0 Å². The van der Waals surface area contributed by atoms with Gasteiger partial charge in [-0.05, 0) is 25.1 Å². The number of aromatic nitrogens is 3. The highest BCUT2D eigenvalue weighted by molar-refractivity contribution is 9.10. The lowest BCUT2D eigenvalue weighted by Crippen LogP contribution is -2.03. The Morgan fingerprint density at radius 2 is 2.00 bits per heavy atom. The van der Waals surface area contributed by atoms with E-state index in [0.29, 0.717) is 5.82 Å². The van der Waals surface area contributed by atoms with E-state index in [9.17, 15) is 4.39 Å². The number of pyridine rings is 1. The molecule has 0 aliphatic carbocycles. The van der Waals surface area contributed by atoms with E-state index in [1.54, 1.807) is 13.1 Å². The molecular weight excluding hydrogens is 323 g/mol. The molecule has 0 atom stereocenters. The van der Waals surface area contributed by atoms with Gasteiger partial charge in [0.15, 0.2) is 17.5 Å². The van der Waals surface area contributed by atoms with Crippen LogP contribution in [-0.4, -0.2) is 15.0 Å². The van der Waals surface area contributed by atoms with Crippen LogP contribution in [0.15, 0.2) is 34.9 Å². The molecule has 0 fully saturated rings. The van der Waals surface area contributed by atoms with Gasteiger partial charge in [0.1, 0.15) is 0 Å². The highest BCUT2D eigenvalue weighted by Gasteiger charge is 2.14. The molecule has 0 radical (unpaired) electrons. The highest BCUT2D eigenvalue weighted by atomic mass is 79.9. The lowest BCUT2D eigenvalue weighted by molar-refractivity contribution is 0.608. The summed E-state index contributed by atoms with van der Waals surface area (Å²) in [5.41, 5.74) is 7.26. The minimum absolute atomic E-state index is 0.153. The summed E-state index contributed by atoms with van der Waals surface area (Å²) < 4.78 is 14.5. The first-order valence-electron chi connectivity index (χ1n) is 5.91. The Kier molecular flexibility index (Phi) is 3.10. The van der Waals surface area contributed by atoms with Crippen LogP contribution in [0.2, 0.25) is 0 Å². The number of nitrogen functional groups attached to an aromatic ring is 1.